The van der Waals surface area contributed by atoms with Crippen molar-refractivity contribution >= 4 is 11.6 Å². The highest BCUT2D eigenvalue weighted by molar-refractivity contribution is 5.94. The summed E-state index contributed by atoms with van der Waals surface area (Å²) >= 11 is 0. The van der Waals surface area contributed by atoms with Gasteiger partial charge in [0, 0.05) is 18.8 Å². The SMILES string of the molecule is C[C@H](C(=O)Nc1ccc(C(F)(F)F)cc1)N1CCc2ccccc2C1. The molecule has 1 heterocycles. The Bertz CT molecular complexity index is 756. The van der Waals surface area contributed by atoms with Gasteiger partial charge in [-0.1, -0.05) is 24.3 Å². The fourth-order valence-electron chi connectivity index (χ4n) is 3.00. The third kappa shape index (κ3) is 4.02. The van der Waals surface area contributed by atoms with E-state index in [1.165, 1.54) is 23.3 Å². The highest BCUT2D eigenvalue weighted by Crippen LogP contribution is 2.30. The van der Waals surface area contributed by atoms with Crippen LogP contribution in [0.1, 0.15) is 23.6 Å². The van der Waals surface area contributed by atoms with Gasteiger partial charge >= 0.3 is 6.18 Å². The van der Waals surface area contributed by atoms with Gasteiger partial charge in [-0.05, 0) is 48.7 Å². The number of carbonyl (C=O) groups is 1. The summed E-state index contributed by atoms with van der Waals surface area (Å²) in [5.74, 6) is -0.223. The van der Waals surface area contributed by atoms with Gasteiger partial charge in [0.05, 0.1) is 11.6 Å². The molecule has 1 aliphatic heterocycles. The van der Waals surface area contributed by atoms with Crippen LogP contribution in [0.5, 0.6) is 0 Å². The van der Waals surface area contributed by atoms with Gasteiger partial charge in [0.25, 0.3) is 0 Å². The molecule has 2 aromatic rings. The molecule has 0 fully saturated rings. The number of hydrogen-bond acceptors (Lipinski definition) is 2. The number of rotatable bonds is 3. The number of amides is 1. The largest absolute Gasteiger partial charge is 0.416 e. The van der Waals surface area contributed by atoms with E-state index in [0.717, 1.165) is 25.1 Å². The van der Waals surface area contributed by atoms with Crippen molar-refractivity contribution in [2.24, 2.45) is 0 Å². The maximum Gasteiger partial charge on any atom is 0.416 e. The van der Waals surface area contributed by atoms with Gasteiger partial charge in [-0.25, -0.2) is 0 Å². The zero-order valence-corrected chi connectivity index (χ0v) is 13.8. The van der Waals surface area contributed by atoms with E-state index in [9.17, 15) is 18.0 Å². The summed E-state index contributed by atoms with van der Waals surface area (Å²) < 4.78 is 37.7. The number of alkyl halides is 3. The van der Waals surface area contributed by atoms with Crippen molar-refractivity contribution in [3.63, 3.8) is 0 Å². The normalized spacial score (nSPS) is 16.2. The summed E-state index contributed by atoms with van der Waals surface area (Å²) in [5, 5.41) is 2.69. The van der Waals surface area contributed by atoms with Gasteiger partial charge in [0.2, 0.25) is 5.91 Å². The van der Waals surface area contributed by atoms with Crippen molar-refractivity contribution < 1.29 is 18.0 Å². The smallest absolute Gasteiger partial charge is 0.325 e. The average Bonchev–Trinajstić information content (AvgIpc) is 2.60. The van der Waals surface area contributed by atoms with Gasteiger partial charge < -0.3 is 5.32 Å². The van der Waals surface area contributed by atoms with Crippen LogP contribution < -0.4 is 5.32 Å². The second-order valence-corrected chi connectivity index (χ2v) is 6.23. The number of benzene rings is 2. The number of nitrogens with zero attached hydrogens (tertiary/aromatic N) is 1. The second-order valence-electron chi connectivity index (χ2n) is 6.23. The highest BCUT2D eigenvalue weighted by atomic mass is 19.4. The van der Waals surface area contributed by atoms with E-state index in [1.807, 2.05) is 19.1 Å². The molecule has 0 radical (unpaired) electrons. The molecule has 0 unspecified atom stereocenters. The van der Waals surface area contributed by atoms with Crippen LogP contribution in [0.4, 0.5) is 18.9 Å². The molecule has 132 valence electrons. The molecule has 0 spiro atoms. The van der Waals surface area contributed by atoms with Gasteiger partial charge in [0.1, 0.15) is 0 Å². The van der Waals surface area contributed by atoms with Crippen LogP contribution in [0.15, 0.2) is 48.5 Å². The third-order valence-corrected chi connectivity index (χ3v) is 4.57. The first-order chi connectivity index (χ1) is 11.8. The lowest BCUT2D eigenvalue weighted by Crippen LogP contribution is -2.44. The number of anilines is 1. The first-order valence-electron chi connectivity index (χ1n) is 8.13. The lowest BCUT2D eigenvalue weighted by atomic mass is 9.99. The van der Waals surface area contributed by atoms with Crippen LogP contribution in [0.25, 0.3) is 0 Å². The molecule has 0 aromatic heterocycles. The lowest BCUT2D eigenvalue weighted by Gasteiger charge is -2.32. The van der Waals surface area contributed by atoms with E-state index < -0.39 is 11.7 Å². The van der Waals surface area contributed by atoms with Crippen molar-refractivity contribution in [2.45, 2.75) is 32.1 Å². The summed E-state index contributed by atoms with van der Waals surface area (Å²) in [6.07, 6.45) is -3.49. The third-order valence-electron chi connectivity index (χ3n) is 4.57. The van der Waals surface area contributed by atoms with Crippen LogP contribution in [0.2, 0.25) is 0 Å². The Morgan fingerprint density at radius 1 is 1.08 bits per heavy atom. The van der Waals surface area contributed by atoms with E-state index in [0.29, 0.717) is 12.2 Å². The minimum Gasteiger partial charge on any atom is -0.325 e. The van der Waals surface area contributed by atoms with Crippen LogP contribution >= 0.6 is 0 Å². The fourth-order valence-corrected chi connectivity index (χ4v) is 3.00. The van der Waals surface area contributed by atoms with E-state index >= 15 is 0 Å². The molecule has 0 bridgehead atoms. The molecule has 1 atom stereocenters. The number of halogens is 3. The quantitative estimate of drug-likeness (QED) is 0.906. The first-order valence-corrected chi connectivity index (χ1v) is 8.13. The summed E-state index contributed by atoms with van der Waals surface area (Å²) in [7, 11) is 0. The van der Waals surface area contributed by atoms with Crippen molar-refractivity contribution in [3.8, 4) is 0 Å². The van der Waals surface area contributed by atoms with Crippen molar-refractivity contribution in [2.75, 3.05) is 11.9 Å². The Balaban J connectivity index is 1.63. The predicted molar refractivity (Wildman–Crippen MR) is 90.1 cm³/mol. The standard InChI is InChI=1S/C19H19F3N2O/c1-13(24-11-10-14-4-2-3-5-15(14)12-24)18(25)23-17-8-6-16(7-9-17)19(20,21)22/h2-9,13H,10-12H2,1H3,(H,23,25)/t13-/m1/s1. The molecule has 1 N–H and O–H groups in total. The molecular formula is C19H19F3N2O. The summed E-state index contributed by atoms with van der Waals surface area (Å²) in [6, 6.07) is 12.3. The van der Waals surface area contributed by atoms with Crippen LogP contribution in [-0.4, -0.2) is 23.4 Å². The van der Waals surface area contributed by atoms with Crippen molar-refractivity contribution in [1.29, 1.82) is 0 Å². The maximum absolute atomic E-state index is 12.6. The monoisotopic (exact) mass is 348 g/mol. The van der Waals surface area contributed by atoms with E-state index in [1.54, 1.807) is 0 Å². The molecule has 0 aliphatic carbocycles. The zero-order chi connectivity index (χ0) is 18.0. The zero-order valence-electron chi connectivity index (χ0n) is 13.8. The average molecular weight is 348 g/mol. The molecule has 3 rings (SSSR count). The molecular weight excluding hydrogens is 329 g/mol. The molecule has 0 saturated heterocycles. The predicted octanol–water partition coefficient (Wildman–Crippen LogP) is 4.09. The number of nitrogens with one attached hydrogen (secondary N) is 1. The van der Waals surface area contributed by atoms with Crippen molar-refractivity contribution in [3.05, 3.63) is 65.2 Å². The minimum absolute atomic E-state index is 0.223. The summed E-state index contributed by atoms with van der Waals surface area (Å²) in [5.41, 5.74) is 2.14. The van der Waals surface area contributed by atoms with Crippen LogP contribution in [0.3, 0.4) is 0 Å². The fraction of sp³-hybridized carbons (Fsp3) is 0.316. The van der Waals surface area contributed by atoms with Gasteiger partial charge in [-0.15, -0.1) is 0 Å². The molecule has 0 saturated carbocycles. The minimum atomic E-state index is -4.38. The summed E-state index contributed by atoms with van der Waals surface area (Å²) in [4.78, 5) is 14.5. The van der Waals surface area contributed by atoms with Crippen LogP contribution in [0, 0.1) is 0 Å². The Hall–Kier alpha value is -2.34. The molecule has 25 heavy (non-hydrogen) atoms. The Morgan fingerprint density at radius 3 is 2.36 bits per heavy atom. The molecule has 3 nitrogen and oxygen atoms in total. The highest BCUT2D eigenvalue weighted by Gasteiger charge is 2.30. The first kappa shape index (κ1) is 17.5. The van der Waals surface area contributed by atoms with Crippen LogP contribution in [-0.2, 0) is 23.9 Å². The number of hydrogen-bond donors (Lipinski definition) is 1. The van der Waals surface area contributed by atoms with Gasteiger partial charge in [-0.2, -0.15) is 13.2 Å². The van der Waals surface area contributed by atoms with E-state index in [2.05, 4.69) is 22.3 Å². The molecule has 2 aromatic carbocycles. The van der Waals surface area contributed by atoms with Crippen molar-refractivity contribution in [1.82, 2.24) is 4.90 Å². The molecule has 1 amide bonds. The molecule has 1 aliphatic rings. The lowest BCUT2D eigenvalue weighted by molar-refractivity contribution is -0.137. The van der Waals surface area contributed by atoms with Gasteiger partial charge in [0.15, 0.2) is 0 Å². The Morgan fingerprint density at radius 2 is 1.72 bits per heavy atom. The number of carbonyl (C=O) groups excluding carboxylic acids is 1. The Labute approximate surface area is 144 Å². The summed E-state index contributed by atoms with van der Waals surface area (Å²) in [6.45, 7) is 3.28. The van der Waals surface area contributed by atoms with E-state index in [-0.39, 0.29) is 11.9 Å². The topological polar surface area (TPSA) is 32.3 Å². The van der Waals surface area contributed by atoms with E-state index in [4.69, 9.17) is 0 Å². The number of fused-ring (bicyclic) bond motifs is 1. The Kier molecular flexibility index (Phi) is 4.81. The maximum atomic E-state index is 12.6. The molecule has 6 heteroatoms. The second kappa shape index (κ2) is 6.88. The van der Waals surface area contributed by atoms with Gasteiger partial charge in [-0.3, -0.25) is 9.69 Å².